The lowest BCUT2D eigenvalue weighted by Gasteiger charge is -2.36. The fourth-order valence-electron chi connectivity index (χ4n) is 2.68. The first-order valence-electron chi connectivity index (χ1n) is 6.27. The van der Waals surface area contributed by atoms with Gasteiger partial charge in [-0.15, -0.1) is 10.2 Å². The molecule has 1 fully saturated rings. The molecule has 0 aromatic carbocycles. The number of nitrogens with zero attached hydrogens (tertiary/aromatic N) is 2. The lowest BCUT2D eigenvalue weighted by Crippen LogP contribution is -2.25. The molecule has 0 amide bonds. The van der Waals surface area contributed by atoms with E-state index in [2.05, 4.69) is 31.0 Å². The van der Waals surface area contributed by atoms with Gasteiger partial charge in [-0.1, -0.05) is 20.8 Å². The fourth-order valence-corrected chi connectivity index (χ4v) is 2.68. The first kappa shape index (κ1) is 11.6. The summed E-state index contributed by atoms with van der Waals surface area (Å²) in [5.41, 5.74) is 0.440. The summed E-state index contributed by atoms with van der Waals surface area (Å²) < 4.78 is 5.52. The minimum absolute atomic E-state index is 0.440. The van der Waals surface area contributed by atoms with Crippen LogP contribution < -0.4 is 0 Å². The molecule has 0 spiro atoms. The van der Waals surface area contributed by atoms with Crippen molar-refractivity contribution < 1.29 is 4.42 Å². The maximum Gasteiger partial charge on any atom is 0.219 e. The van der Waals surface area contributed by atoms with Gasteiger partial charge in [0.05, 0.1) is 0 Å². The molecule has 1 aliphatic carbocycles. The zero-order valence-electron chi connectivity index (χ0n) is 10.8. The van der Waals surface area contributed by atoms with E-state index in [1.54, 1.807) is 0 Å². The molecular formula is C13H22N2O. The van der Waals surface area contributed by atoms with Crippen molar-refractivity contribution in [2.24, 2.45) is 11.3 Å². The summed E-state index contributed by atoms with van der Waals surface area (Å²) in [7, 11) is 0. The third-order valence-electron chi connectivity index (χ3n) is 3.84. The summed E-state index contributed by atoms with van der Waals surface area (Å²) in [5.74, 6) is 2.88. The Balaban J connectivity index is 1.95. The maximum atomic E-state index is 5.52. The van der Waals surface area contributed by atoms with Gasteiger partial charge in [0.2, 0.25) is 11.8 Å². The van der Waals surface area contributed by atoms with Crippen molar-refractivity contribution in [3.63, 3.8) is 0 Å². The highest BCUT2D eigenvalue weighted by molar-refractivity contribution is 4.95. The van der Waals surface area contributed by atoms with Gasteiger partial charge >= 0.3 is 0 Å². The summed E-state index contributed by atoms with van der Waals surface area (Å²) >= 11 is 0. The van der Waals surface area contributed by atoms with Crippen molar-refractivity contribution in [2.45, 2.75) is 59.3 Å². The minimum atomic E-state index is 0.440. The van der Waals surface area contributed by atoms with Crippen LogP contribution in [0.4, 0.5) is 0 Å². The van der Waals surface area contributed by atoms with Crippen LogP contribution in [-0.2, 0) is 0 Å². The van der Waals surface area contributed by atoms with E-state index in [1.165, 1.54) is 25.7 Å². The van der Waals surface area contributed by atoms with Crippen LogP contribution in [0.3, 0.4) is 0 Å². The summed E-state index contributed by atoms with van der Waals surface area (Å²) in [4.78, 5) is 0. The smallest absolute Gasteiger partial charge is 0.219 e. The van der Waals surface area contributed by atoms with Crippen molar-refractivity contribution in [3.8, 4) is 0 Å². The average Bonchev–Trinajstić information content (AvgIpc) is 2.64. The third-order valence-corrected chi connectivity index (χ3v) is 3.84. The van der Waals surface area contributed by atoms with Crippen LogP contribution >= 0.6 is 0 Å². The molecule has 1 aliphatic rings. The monoisotopic (exact) mass is 222 g/mol. The summed E-state index contributed by atoms with van der Waals surface area (Å²) in [6.07, 6.45) is 4.97. The van der Waals surface area contributed by atoms with E-state index >= 15 is 0 Å². The Morgan fingerprint density at radius 3 is 2.12 bits per heavy atom. The Bertz CT molecular complexity index is 343. The SMILES string of the molecule is Cc1nnc(C2CCC(C(C)(C)C)CC2)o1. The zero-order chi connectivity index (χ0) is 11.8. The molecule has 1 saturated carbocycles. The fraction of sp³-hybridized carbons (Fsp3) is 0.846. The number of aryl methyl sites for hydroxylation is 1. The molecule has 0 N–H and O–H groups in total. The van der Waals surface area contributed by atoms with Gasteiger partial charge in [-0.3, -0.25) is 0 Å². The summed E-state index contributed by atoms with van der Waals surface area (Å²) in [6, 6.07) is 0. The molecule has 0 saturated heterocycles. The van der Waals surface area contributed by atoms with Crippen LogP contribution in [0.2, 0.25) is 0 Å². The van der Waals surface area contributed by atoms with Gasteiger partial charge in [0.1, 0.15) is 0 Å². The topological polar surface area (TPSA) is 38.9 Å². The molecule has 90 valence electrons. The Morgan fingerprint density at radius 1 is 1.06 bits per heavy atom. The second-order valence-electron chi connectivity index (χ2n) is 6.07. The molecule has 3 heteroatoms. The largest absolute Gasteiger partial charge is 0.425 e. The molecule has 0 radical (unpaired) electrons. The van der Waals surface area contributed by atoms with Crippen LogP contribution in [0.5, 0.6) is 0 Å². The highest BCUT2D eigenvalue weighted by atomic mass is 16.4. The zero-order valence-corrected chi connectivity index (χ0v) is 10.8. The molecule has 2 rings (SSSR count). The second kappa shape index (κ2) is 4.19. The van der Waals surface area contributed by atoms with Crippen molar-refractivity contribution in [1.29, 1.82) is 0 Å². The molecule has 0 unspecified atom stereocenters. The molecule has 0 bridgehead atoms. The number of rotatable bonds is 1. The maximum absolute atomic E-state index is 5.52. The molecule has 0 aliphatic heterocycles. The molecule has 0 atom stereocenters. The quantitative estimate of drug-likeness (QED) is 0.727. The second-order valence-corrected chi connectivity index (χ2v) is 6.07. The lowest BCUT2D eigenvalue weighted by molar-refractivity contribution is 0.161. The van der Waals surface area contributed by atoms with Crippen molar-refractivity contribution in [3.05, 3.63) is 11.8 Å². The highest BCUT2D eigenvalue weighted by Gasteiger charge is 2.31. The predicted octanol–water partition coefficient (Wildman–Crippen LogP) is 3.70. The number of aromatic nitrogens is 2. The van der Waals surface area contributed by atoms with E-state index in [1.807, 2.05) is 6.92 Å². The Morgan fingerprint density at radius 2 is 1.69 bits per heavy atom. The van der Waals surface area contributed by atoms with E-state index < -0.39 is 0 Å². The normalized spacial score (nSPS) is 27.0. The number of hydrogen-bond acceptors (Lipinski definition) is 3. The average molecular weight is 222 g/mol. The molecule has 1 aromatic rings. The first-order valence-corrected chi connectivity index (χ1v) is 6.27. The van der Waals surface area contributed by atoms with Crippen molar-refractivity contribution >= 4 is 0 Å². The van der Waals surface area contributed by atoms with Gasteiger partial charge in [-0.2, -0.15) is 0 Å². The van der Waals surface area contributed by atoms with E-state index in [0.29, 0.717) is 17.2 Å². The van der Waals surface area contributed by atoms with Crippen molar-refractivity contribution in [1.82, 2.24) is 10.2 Å². The molecule has 16 heavy (non-hydrogen) atoms. The molecule has 3 nitrogen and oxygen atoms in total. The van der Waals surface area contributed by atoms with Gasteiger partial charge in [0, 0.05) is 12.8 Å². The minimum Gasteiger partial charge on any atom is -0.425 e. The van der Waals surface area contributed by atoms with Crippen LogP contribution in [0.25, 0.3) is 0 Å². The van der Waals surface area contributed by atoms with E-state index in [0.717, 1.165) is 11.8 Å². The Kier molecular flexibility index (Phi) is 3.04. The highest BCUT2D eigenvalue weighted by Crippen LogP contribution is 2.42. The van der Waals surface area contributed by atoms with Crippen LogP contribution in [-0.4, -0.2) is 10.2 Å². The first-order chi connectivity index (χ1) is 7.47. The van der Waals surface area contributed by atoms with Crippen LogP contribution in [0.15, 0.2) is 4.42 Å². The Hall–Kier alpha value is -0.860. The van der Waals surface area contributed by atoms with E-state index in [9.17, 15) is 0 Å². The van der Waals surface area contributed by atoms with Gasteiger partial charge in [-0.25, -0.2) is 0 Å². The van der Waals surface area contributed by atoms with E-state index in [-0.39, 0.29) is 0 Å². The molecule has 1 aromatic heterocycles. The van der Waals surface area contributed by atoms with Gasteiger partial charge in [0.15, 0.2) is 0 Å². The third kappa shape index (κ3) is 2.45. The standard InChI is InChI=1S/C13H22N2O/c1-9-14-15-12(16-9)10-5-7-11(8-6-10)13(2,3)4/h10-11H,5-8H2,1-4H3. The molecule has 1 heterocycles. The molecular weight excluding hydrogens is 200 g/mol. The van der Waals surface area contributed by atoms with Gasteiger partial charge in [0.25, 0.3) is 0 Å². The van der Waals surface area contributed by atoms with E-state index in [4.69, 9.17) is 4.42 Å². The lowest BCUT2D eigenvalue weighted by atomic mass is 9.70. The van der Waals surface area contributed by atoms with Crippen LogP contribution in [0, 0.1) is 18.3 Å². The van der Waals surface area contributed by atoms with Gasteiger partial charge in [-0.05, 0) is 37.0 Å². The van der Waals surface area contributed by atoms with Crippen molar-refractivity contribution in [2.75, 3.05) is 0 Å². The predicted molar refractivity (Wildman–Crippen MR) is 63.2 cm³/mol. The number of hydrogen-bond donors (Lipinski definition) is 0. The Labute approximate surface area is 97.6 Å². The summed E-state index contributed by atoms with van der Waals surface area (Å²) in [5, 5.41) is 8.05. The van der Waals surface area contributed by atoms with Gasteiger partial charge < -0.3 is 4.42 Å². The van der Waals surface area contributed by atoms with Crippen LogP contribution in [0.1, 0.15) is 64.2 Å². The summed E-state index contributed by atoms with van der Waals surface area (Å²) in [6.45, 7) is 8.88.